The number of amides is 1. The van der Waals surface area contributed by atoms with Gasteiger partial charge in [-0.05, 0) is 48.0 Å². The molecule has 154 valence electrons. The Morgan fingerprint density at radius 2 is 1.70 bits per heavy atom. The molecule has 0 radical (unpaired) electrons. The second-order valence-electron chi connectivity index (χ2n) is 6.81. The van der Waals surface area contributed by atoms with Crippen molar-refractivity contribution in [2.75, 3.05) is 20.8 Å². The Bertz CT molecular complexity index is 1130. The smallest absolute Gasteiger partial charge is 0.284 e. The zero-order chi connectivity index (χ0) is 21.1. The topological polar surface area (TPSA) is 78.4 Å². The lowest BCUT2D eigenvalue weighted by Crippen LogP contribution is -2.42. The third-order valence-electron chi connectivity index (χ3n) is 4.90. The number of rotatable bonds is 5. The molecule has 4 rings (SSSR count). The maximum Gasteiger partial charge on any atom is 0.284 e. The van der Waals surface area contributed by atoms with Crippen molar-refractivity contribution in [3.8, 4) is 23.0 Å². The predicted octanol–water partition coefficient (Wildman–Crippen LogP) is 3.54. The summed E-state index contributed by atoms with van der Waals surface area (Å²) in [7, 11) is 3.14. The van der Waals surface area contributed by atoms with Crippen molar-refractivity contribution >= 4 is 22.4 Å². The standard InChI is InChI=1S/C23H22N2O5/c1-14(15-8-9-18(27-2)19(10-15)28-3)24-25-23(26)22-13-29-20-11-16-6-4-5-7-17(16)12-21(20)30-22/h4-12,22H,13H2,1-3H3,(H,25,26). The molecule has 7 heteroatoms. The van der Waals surface area contributed by atoms with Crippen LogP contribution in [0.5, 0.6) is 23.0 Å². The normalized spacial score (nSPS) is 15.6. The molecule has 3 aromatic carbocycles. The van der Waals surface area contributed by atoms with Crippen LogP contribution in [0.4, 0.5) is 0 Å². The number of benzene rings is 3. The molecular weight excluding hydrogens is 384 g/mol. The zero-order valence-corrected chi connectivity index (χ0v) is 17.0. The van der Waals surface area contributed by atoms with Crippen molar-refractivity contribution in [3.63, 3.8) is 0 Å². The number of fused-ring (bicyclic) bond motifs is 2. The van der Waals surface area contributed by atoms with E-state index < -0.39 is 6.10 Å². The largest absolute Gasteiger partial charge is 0.493 e. The number of nitrogens with zero attached hydrogens (tertiary/aromatic N) is 1. The summed E-state index contributed by atoms with van der Waals surface area (Å²) >= 11 is 0. The summed E-state index contributed by atoms with van der Waals surface area (Å²) in [5, 5.41) is 6.26. The molecule has 0 bridgehead atoms. The van der Waals surface area contributed by atoms with E-state index in [-0.39, 0.29) is 12.5 Å². The lowest BCUT2D eigenvalue weighted by Gasteiger charge is -2.25. The molecule has 1 atom stereocenters. The Hall–Kier alpha value is -3.74. The summed E-state index contributed by atoms with van der Waals surface area (Å²) in [6.07, 6.45) is -0.791. The van der Waals surface area contributed by atoms with Gasteiger partial charge in [0.2, 0.25) is 6.10 Å². The van der Waals surface area contributed by atoms with Gasteiger partial charge in [0.05, 0.1) is 19.9 Å². The van der Waals surface area contributed by atoms with E-state index in [4.69, 9.17) is 18.9 Å². The fourth-order valence-corrected chi connectivity index (χ4v) is 3.22. The van der Waals surface area contributed by atoms with Crippen molar-refractivity contribution < 1.29 is 23.7 Å². The summed E-state index contributed by atoms with van der Waals surface area (Å²) in [5.74, 6) is 2.00. The first-order chi connectivity index (χ1) is 14.6. The van der Waals surface area contributed by atoms with Crippen molar-refractivity contribution in [1.82, 2.24) is 5.43 Å². The highest BCUT2D eigenvalue weighted by Gasteiger charge is 2.27. The Labute approximate surface area is 174 Å². The molecule has 3 aromatic rings. The van der Waals surface area contributed by atoms with E-state index in [0.29, 0.717) is 28.7 Å². The minimum absolute atomic E-state index is 0.113. The monoisotopic (exact) mass is 406 g/mol. The highest BCUT2D eigenvalue weighted by atomic mass is 16.6. The van der Waals surface area contributed by atoms with E-state index in [1.807, 2.05) is 42.5 Å². The quantitative estimate of drug-likeness (QED) is 0.518. The molecule has 1 aliphatic rings. The number of hydrogen-bond donors (Lipinski definition) is 1. The third kappa shape index (κ3) is 3.87. The number of nitrogens with one attached hydrogen (secondary N) is 1. The highest BCUT2D eigenvalue weighted by Crippen LogP contribution is 2.35. The molecule has 0 aromatic heterocycles. The number of carbonyl (C=O) groups is 1. The van der Waals surface area contributed by atoms with Crippen molar-refractivity contribution in [2.24, 2.45) is 5.10 Å². The Kier molecular flexibility index (Phi) is 5.43. The van der Waals surface area contributed by atoms with E-state index in [0.717, 1.165) is 16.3 Å². The van der Waals surface area contributed by atoms with Crippen LogP contribution in [0, 0.1) is 0 Å². The van der Waals surface area contributed by atoms with Gasteiger partial charge in [0.1, 0.15) is 6.61 Å². The number of hydrogen-bond acceptors (Lipinski definition) is 6. The molecule has 0 spiro atoms. The molecule has 0 fully saturated rings. The predicted molar refractivity (Wildman–Crippen MR) is 114 cm³/mol. The molecule has 0 saturated heterocycles. The van der Waals surface area contributed by atoms with Gasteiger partial charge < -0.3 is 18.9 Å². The molecule has 1 aliphatic heterocycles. The average Bonchev–Trinajstić information content (AvgIpc) is 2.79. The number of hydrazone groups is 1. The average molecular weight is 406 g/mol. The maximum atomic E-state index is 12.6. The Balaban J connectivity index is 1.46. The third-order valence-corrected chi connectivity index (χ3v) is 4.90. The molecule has 1 heterocycles. The summed E-state index contributed by atoms with van der Waals surface area (Å²) in [4.78, 5) is 12.6. The molecule has 0 saturated carbocycles. The van der Waals surface area contributed by atoms with Crippen LogP contribution < -0.4 is 24.4 Å². The first kappa shape index (κ1) is 19.6. The summed E-state index contributed by atoms with van der Waals surface area (Å²) in [6, 6.07) is 17.1. The van der Waals surface area contributed by atoms with Gasteiger partial charge in [-0.25, -0.2) is 5.43 Å². The van der Waals surface area contributed by atoms with Crippen LogP contribution in [0.25, 0.3) is 10.8 Å². The van der Waals surface area contributed by atoms with Crippen LogP contribution in [0.3, 0.4) is 0 Å². The van der Waals surface area contributed by atoms with Gasteiger partial charge in [0.15, 0.2) is 23.0 Å². The fraction of sp³-hybridized carbons (Fsp3) is 0.217. The Morgan fingerprint density at radius 1 is 1.00 bits per heavy atom. The van der Waals surface area contributed by atoms with Gasteiger partial charge in [-0.1, -0.05) is 24.3 Å². The molecule has 1 amide bonds. The Morgan fingerprint density at radius 3 is 2.40 bits per heavy atom. The summed E-state index contributed by atoms with van der Waals surface area (Å²) in [5.41, 5.74) is 3.97. The molecular formula is C23H22N2O5. The van der Waals surface area contributed by atoms with Gasteiger partial charge in [-0.2, -0.15) is 5.10 Å². The van der Waals surface area contributed by atoms with Gasteiger partial charge in [0.25, 0.3) is 5.91 Å². The lowest BCUT2D eigenvalue weighted by atomic mass is 10.1. The van der Waals surface area contributed by atoms with E-state index >= 15 is 0 Å². The second-order valence-corrected chi connectivity index (χ2v) is 6.81. The molecule has 1 unspecified atom stereocenters. The molecule has 7 nitrogen and oxygen atoms in total. The first-order valence-corrected chi connectivity index (χ1v) is 9.48. The van der Waals surface area contributed by atoms with Gasteiger partial charge in [-0.3, -0.25) is 4.79 Å². The van der Waals surface area contributed by atoms with Gasteiger partial charge in [-0.15, -0.1) is 0 Å². The molecule has 30 heavy (non-hydrogen) atoms. The van der Waals surface area contributed by atoms with Gasteiger partial charge in [0, 0.05) is 5.56 Å². The molecule has 0 aliphatic carbocycles. The van der Waals surface area contributed by atoms with E-state index in [9.17, 15) is 4.79 Å². The van der Waals surface area contributed by atoms with Crippen LogP contribution in [-0.2, 0) is 4.79 Å². The van der Waals surface area contributed by atoms with Crippen LogP contribution in [0.1, 0.15) is 12.5 Å². The van der Waals surface area contributed by atoms with Crippen LogP contribution in [0.2, 0.25) is 0 Å². The maximum absolute atomic E-state index is 12.6. The first-order valence-electron chi connectivity index (χ1n) is 9.48. The van der Waals surface area contributed by atoms with Crippen LogP contribution >= 0.6 is 0 Å². The van der Waals surface area contributed by atoms with Gasteiger partial charge >= 0.3 is 0 Å². The highest BCUT2D eigenvalue weighted by molar-refractivity contribution is 6.00. The van der Waals surface area contributed by atoms with Crippen molar-refractivity contribution in [2.45, 2.75) is 13.0 Å². The van der Waals surface area contributed by atoms with Crippen molar-refractivity contribution in [1.29, 1.82) is 0 Å². The van der Waals surface area contributed by atoms with E-state index in [1.165, 1.54) is 0 Å². The summed E-state index contributed by atoms with van der Waals surface area (Å²) in [6.45, 7) is 1.91. The number of ether oxygens (including phenoxy) is 4. The van der Waals surface area contributed by atoms with Crippen molar-refractivity contribution in [3.05, 3.63) is 60.2 Å². The number of methoxy groups -OCH3 is 2. The SMILES string of the molecule is COc1ccc(C(C)=NNC(=O)C2COc3cc4ccccc4cc3O2)cc1OC. The lowest BCUT2D eigenvalue weighted by molar-refractivity contribution is -0.130. The minimum atomic E-state index is -0.791. The zero-order valence-electron chi connectivity index (χ0n) is 17.0. The molecule has 1 N–H and O–H groups in total. The van der Waals surface area contributed by atoms with Crippen LogP contribution in [-0.4, -0.2) is 38.5 Å². The second kappa shape index (κ2) is 8.32. The van der Waals surface area contributed by atoms with Crippen LogP contribution in [0.15, 0.2) is 59.7 Å². The number of carbonyl (C=O) groups excluding carboxylic acids is 1. The van der Waals surface area contributed by atoms with E-state index in [2.05, 4.69) is 10.5 Å². The van der Waals surface area contributed by atoms with E-state index in [1.54, 1.807) is 33.3 Å². The fourth-order valence-electron chi connectivity index (χ4n) is 3.22. The minimum Gasteiger partial charge on any atom is -0.493 e. The summed E-state index contributed by atoms with van der Waals surface area (Å²) < 4.78 is 22.2.